The highest BCUT2D eigenvalue weighted by atomic mass is 15.2. The number of anilines is 1. The fraction of sp³-hybridized carbons (Fsp3) is 0.667. The number of rotatable bonds is 1. The Kier molecular flexibility index (Phi) is 3.10. The molecule has 0 bridgehead atoms. The molecule has 1 saturated heterocycles. The molecular weight excluding hydrogens is 200 g/mol. The second-order valence-corrected chi connectivity index (χ2v) is 5.23. The van der Waals surface area contributed by atoms with Gasteiger partial charge in [-0.05, 0) is 6.07 Å². The Morgan fingerprint density at radius 1 is 1.25 bits per heavy atom. The first-order valence-corrected chi connectivity index (χ1v) is 5.86. The van der Waals surface area contributed by atoms with Gasteiger partial charge in [-0.2, -0.15) is 0 Å². The molecule has 0 aromatic carbocycles. The van der Waals surface area contributed by atoms with Crippen LogP contribution in [0.5, 0.6) is 0 Å². The van der Waals surface area contributed by atoms with Crippen molar-refractivity contribution in [3.05, 3.63) is 18.1 Å². The van der Waals surface area contributed by atoms with E-state index in [9.17, 15) is 0 Å². The fourth-order valence-electron chi connectivity index (χ4n) is 1.78. The van der Waals surface area contributed by atoms with Crippen LogP contribution in [0.15, 0.2) is 12.3 Å². The number of hydrogen-bond acceptors (Lipinski definition) is 4. The van der Waals surface area contributed by atoms with E-state index in [0.717, 1.165) is 37.8 Å². The normalized spacial score (nSPS) is 17.6. The highest BCUT2D eigenvalue weighted by Crippen LogP contribution is 2.20. The number of nitrogens with one attached hydrogen (secondary N) is 1. The zero-order chi connectivity index (χ0) is 11.6. The zero-order valence-corrected chi connectivity index (χ0v) is 10.3. The van der Waals surface area contributed by atoms with Crippen LogP contribution in [0.25, 0.3) is 0 Å². The predicted octanol–water partition coefficient (Wildman–Crippen LogP) is 1.18. The molecule has 0 spiro atoms. The van der Waals surface area contributed by atoms with Crippen molar-refractivity contribution >= 4 is 5.82 Å². The minimum atomic E-state index is 0.0179. The molecule has 4 heteroatoms. The Balaban J connectivity index is 2.21. The number of hydrogen-bond donors (Lipinski definition) is 1. The van der Waals surface area contributed by atoms with Crippen molar-refractivity contribution in [1.82, 2.24) is 15.3 Å². The minimum absolute atomic E-state index is 0.0179. The van der Waals surface area contributed by atoms with E-state index in [1.165, 1.54) is 0 Å². The molecule has 1 aliphatic heterocycles. The van der Waals surface area contributed by atoms with Crippen LogP contribution >= 0.6 is 0 Å². The lowest BCUT2D eigenvalue weighted by molar-refractivity contribution is 0.538. The van der Waals surface area contributed by atoms with E-state index < -0.39 is 0 Å². The summed E-state index contributed by atoms with van der Waals surface area (Å²) in [7, 11) is 0. The second-order valence-electron chi connectivity index (χ2n) is 5.23. The first-order chi connectivity index (χ1) is 7.57. The zero-order valence-electron chi connectivity index (χ0n) is 10.3. The summed E-state index contributed by atoms with van der Waals surface area (Å²) in [4.78, 5) is 11.3. The van der Waals surface area contributed by atoms with Crippen LogP contribution in [0.1, 0.15) is 26.6 Å². The van der Waals surface area contributed by atoms with Crippen LogP contribution in [-0.2, 0) is 5.41 Å². The topological polar surface area (TPSA) is 41.1 Å². The third-order valence-corrected chi connectivity index (χ3v) is 2.75. The van der Waals surface area contributed by atoms with Gasteiger partial charge in [0.15, 0.2) is 0 Å². The summed E-state index contributed by atoms with van der Waals surface area (Å²) in [5.41, 5.74) is 0.0179. The van der Waals surface area contributed by atoms with Gasteiger partial charge >= 0.3 is 0 Å². The molecule has 2 heterocycles. The molecule has 88 valence electrons. The van der Waals surface area contributed by atoms with Crippen molar-refractivity contribution in [3.63, 3.8) is 0 Å². The van der Waals surface area contributed by atoms with Gasteiger partial charge in [0.05, 0.1) is 0 Å². The lowest BCUT2D eigenvalue weighted by atomic mass is 9.96. The summed E-state index contributed by atoms with van der Waals surface area (Å²) in [6.45, 7) is 10.6. The molecule has 0 radical (unpaired) electrons. The van der Waals surface area contributed by atoms with Gasteiger partial charge in [0.2, 0.25) is 0 Å². The van der Waals surface area contributed by atoms with Crippen molar-refractivity contribution in [3.8, 4) is 0 Å². The highest BCUT2D eigenvalue weighted by molar-refractivity contribution is 5.38. The molecule has 0 atom stereocenters. The molecule has 2 rings (SSSR count). The van der Waals surface area contributed by atoms with Crippen molar-refractivity contribution in [2.24, 2.45) is 0 Å². The molecule has 1 aromatic heterocycles. The largest absolute Gasteiger partial charge is 0.354 e. The third-order valence-electron chi connectivity index (χ3n) is 2.75. The van der Waals surface area contributed by atoms with Crippen molar-refractivity contribution in [2.75, 3.05) is 31.1 Å². The van der Waals surface area contributed by atoms with Crippen molar-refractivity contribution < 1.29 is 0 Å². The molecule has 1 aliphatic rings. The van der Waals surface area contributed by atoms with Crippen LogP contribution in [0.2, 0.25) is 0 Å². The van der Waals surface area contributed by atoms with Gasteiger partial charge < -0.3 is 10.2 Å². The van der Waals surface area contributed by atoms with Crippen LogP contribution < -0.4 is 10.2 Å². The van der Waals surface area contributed by atoms with Gasteiger partial charge in [0, 0.05) is 37.8 Å². The monoisotopic (exact) mass is 220 g/mol. The molecular formula is C12H20N4. The Morgan fingerprint density at radius 2 is 1.94 bits per heavy atom. The lowest BCUT2D eigenvalue weighted by Crippen LogP contribution is -2.44. The Bertz CT molecular complexity index is 350. The maximum atomic E-state index is 4.65. The Morgan fingerprint density at radius 3 is 2.56 bits per heavy atom. The van der Waals surface area contributed by atoms with Crippen LogP contribution in [0.3, 0.4) is 0 Å². The molecule has 0 aliphatic carbocycles. The summed E-state index contributed by atoms with van der Waals surface area (Å²) in [6, 6.07) is 2.00. The van der Waals surface area contributed by atoms with Gasteiger partial charge in [-0.25, -0.2) is 9.97 Å². The average molecular weight is 220 g/mol. The minimum Gasteiger partial charge on any atom is -0.354 e. The van der Waals surface area contributed by atoms with Crippen molar-refractivity contribution in [2.45, 2.75) is 26.2 Å². The quantitative estimate of drug-likeness (QED) is 0.771. The van der Waals surface area contributed by atoms with Crippen LogP contribution in [0, 0.1) is 0 Å². The Hall–Kier alpha value is -1.16. The van der Waals surface area contributed by atoms with E-state index in [4.69, 9.17) is 0 Å². The SMILES string of the molecule is CC(C)(C)c1nccc(N2CCNCC2)n1. The average Bonchev–Trinajstić information content (AvgIpc) is 2.29. The van der Waals surface area contributed by atoms with E-state index >= 15 is 0 Å². The molecule has 0 unspecified atom stereocenters. The molecule has 1 N–H and O–H groups in total. The van der Waals surface area contributed by atoms with E-state index in [2.05, 4.69) is 41.0 Å². The molecule has 4 nitrogen and oxygen atoms in total. The first-order valence-electron chi connectivity index (χ1n) is 5.86. The van der Waals surface area contributed by atoms with Gasteiger partial charge in [0.25, 0.3) is 0 Å². The molecule has 0 saturated carbocycles. The van der Waals surface area contributed by atoms with Crippen molar-refractivity contribution in [1.29, 1.82) is 0 Å². The maximum Gasteiger partial charge on any atom is 0.135 e. The third kappa shape index (κ3) is 2.50. The molecule has 16 heavy (non-hydrogen) atoms. The van der Waals surface area contributed by atoms with E-state index in [-0.39, 0.29) is 5.41 Å². The fourth-order valence-corrected chi connectivity index (χ4v) is 1.78. The van der Waals surface area contributed by atoms with Crippen LogP contribution in [-0.4, -0.2) is 36.1 Å². The summed E-state index contributed by atoms with van der Waals surface area (Å²) < 4.78 is 0. The van der Waals surface area contributed by atoms with Gasteiger partial charge in [-0.3, -0.25) is 0 Å². The summed E-state index contributed by atoms with van der Waals surface area (Å²) >= 11 is 0. The van der Waals surface area contributed by atoms with Crippen LogP contribution in [0.4, 0.5) is 5.82 Å². The molecule has 1 aromatic rings. The summed E-state index contributed by atoms with van der Waals surface area (Å²) in [5.74, 6) is 1.98. The number of aromatic nitrogens is 2. The first kappa shape index (κ1) is 11.3. The second kappa shape index (κ2) is 4.37. The van der Waals surface area contributed by atoms with Gasteiger partial charge in [-0.15, -0.1) is 0 Å². The van der Waals surface area contributed by atoms with E-state index in [1.807, 2.05) is 12.3 Å². The summed E-state index contributed by atoms with van der Waals surface area (Å²) in [6.07, 6.45) is 1.87. The van der Waals surface area contributed by atoms with Gasteiger partial charge in [0.1, 0.15) is 11.6 Å². The number of nitrogens with zero attached hydrogens (tertiary/aromatic N) is 3. The van der Waals surface area contributed by atoms with Gasteiger partial charge in [-0.1, -0.05) is 20.8 Å². The number of piperazine rings is 1. The summed E-state index contributed by atoms with van der Waals surface area (Å²) in [5, 5.41) is 3.34. The predicted molar refractivity (Wildman–Crippen MR) is 65.8 cm³/mol. The highest BCUT2D eigenvalue weighted by Gasteiger charge is 2.19. The molecule has 0 amide bonds. The lowest BCUT2D eigenvalue weighted by Gasteiger charge is -2.29. The maximum absolute atomic E-state index is 4.65. The smallest absolute Gasteiger partial charge is 0.135 e. The standard InChI is InChI=1S/C12H20N4/c1-12(2,3)11-14-5-4-10(15-11)16-8-6-13-7-9-16/h4-5,13H,6-9H2,1-3H3. The van der Waals surface area contributed by atoms with E-state index in [1.54, 1.807) is 0 Å². The van der Waals surface area contributed by atoms with E-state index in [0.29, 0.717) is 0 Å². The molecule has 1 fully saturated rings. The Labute approximate surface area is 97.1 Å².